The number of hydrogen-bond acceptors (Lipinski definition) is 5. The Balaban J connectivity index is 1.77. The van der Waals surface area contributed by atoms with Crippen molar-refractivity contribution in [1.29, 1.82) is 0 Å². The number of nitrogens with zero attached hydrogens (tertiary/aromatic N) is 4. The number of anilines is 2. The molecule has 0 radical (unpaired) electrons. The topological polar surface area (TPSA) is 102 Å². The standard InChI is InChI=1S/C25H32F2N4O4/c1-15-22(17-7-9-25(26,27)10-8-17)31(23(33)34)21-11-18(5-6-20(21)30(15)16(2)32)19-12-28-29(13-19)14-24(3,4)35/h5-6,11-13,15,17,22,35H,7-10,14H2,1-4H3,(H,33,34)/p-1/t15-,22?/m0/s1. The number of aromatic nitrogens is 2. The summed E-state index contributed by atoms with van der Waals surface area (Å²) >= 11 is 0. The zero-order chi connectivity index (χ0) is 25.7. The largest absolute Gasteiger partial charge is 0.530 e. The summed E-state index contributed by atoms with van der Waals surface area (Å²) in [6, 6.07) is 3.89. The van der Waals surface area contributed by atoms with Crippen LogP contribution in [-0.2, 0) is 11.3 Å². The number of hydrogen-bond donors (Lipinski definition) is 1. The third kappa shape index (κ3) is 5.03. The number of fused-ring (bicyclic) bond motifs is 1. The Hall–Kier alpha value is -3.01. The lowest BCUT2D eigenvalue weighted by atomic mass is 9.77. The number of carboxylic acid groups (broad SMARTS) is 1. The van der Waals surface area contributed by atoms with Gasteiger partial charge in [-0.15, -0.1) is 0 Å². The highest BCUT2D eigenvalue weighted by Crippen LogP contribution is 2.46. The monoisotopic (exact) mass is 489 g/mol. The fourth-order valence-corrected chi connectivity index (χ4v) is 5.53. The maximum atomic E-state index is 13.9. The number of alkyl halides is 2. The molecular weight excluding hydrogens is 458 g/mol. The van der Waals surface area contributed by atoms with Crippen molar-refractivity contribution in [2.45, 2.75) is 83.5 Å². The van der Waals surface area contributed by atoms with Gasteiger partial charge in [0, 0.05) is 31.5 Å². The summed E-state index contributed by atoms with van der Waals surface area (Å²) in [6.45, 7) is 6.78. The second-order valence-corrected chi connectivity index (χ2v) is 10.4. The summed E-state index contributed by atoms with van der Waals surface area (Å²) in [5.41, 5.74) is 1.13. The van der Waals surface area contributed by atoms with E-state index in [9.17, 15) is 28.6 Å². The SMILES string of the molecule is CC(=O)N1c2ccc(-c3cnn(CC(C)(C)O)c3)cc2N(C(=O)[O-])C(C2CCC(F)(F)CC2)[C@@H]1C. The molecule has 0 spiro atoms. The van der Waals surface area contributed by atoms with Crippen LogP contribution in [0.1, 0.15) is 53.4 Å². The van der Waals surface area contributed by atoms with E-state index in [0.717, 1.165) is 4.90 Å². The van der Waals surface area contributed by atoms with Gasteiger partial charge in [0.1, 0.15) is 6.09 Å². The molecule has 2 atom stereocenters. The normalized spacial score (nSPS) is 22.7. The van der Waals surface area contributed by atoms with Gasteiger partial charge in [-0.2, -0.15) is 5.10 Å². The van der Waals surface area contributed by atoms with E-state index in [1.54, 1.807) is 60.9 Å². The van der Waals surface area contributed by atoms with Crippen molar-refractivity contribution in [1.82, 2.24) is 9.78 Å². The van der Waals surface area contributed by atoms with Crippen molar-refractivity contribution in [3.05, 3.63) is 30.6 Å². The van der Waals surface area contributed by atoms with Crippen molar-refractivity contribution < 1.29 is 28.6 Å². The Morgan fingerprint density at radius 2 is 1.83 bits per heavy atom. The quantitative estimate of drug-likeness (QED) is 0.709. The Bertz CT molecular complexity index is 1120. The highest BCUT2D eigenvalue weighted by Gasteiger charge is 2.46. The molecule has 1 saturated carbocycles. The Labute approximate surface area is 203 Å². The molecule has 2 heterocycles. The van der Waals surface area contributed by atoms with Gasteiger partial charge in [-0.05, 0) is 57.2 Å². The van der Waals surface area contributed by atoms with Gasteiger partial charge in [-0.25, -0.2) is 8.78 Å². The molecule has 0 bridgehead atoms. The van der Waals surface area contributed by atoms with Gasteiger partial charge < -0.3 is 24.8 Å². The summed E-state index contributed by atoms with van der Waals surface area (Å²) < 4.78 is 29.3. The molecule has 1 N–H and O–H groups in total. The van der Waals surface area contributed by atoms with Crippen LogP contribution < -0.4 is 14.9 Å². The van der Waals surface area contributed by atoms with Gasteiger partial charge in [0.05, 0.1) is 41.8 Å². The summed E-state index contributed by atoms with van der Waals surface area (Å²) in [7, 11) is 0. The van der Waals surface area contributed by atoms with Crippen LogP contribution in [0.3, 0.4) is 0 Å². The van der Waals surface area contributed by atoms with Crippen molar-refractivity contribution >= 4 is 23.4 Å². The van der Waals surface area contributed by atoms with E-state index in [4.69, 9.17) is 0 Å². The summed E-state index contributed by atoms with van der Waals surface area (Å²) in [6.07, 6.45) is 1.64. The van der Waals surface area contributed by atoms with Crippen molar-refractivity contribution in [2.24, 2.45) is 5.92 Å². The third-order valence-electron chi connectivity index (χ3n) is 6.99. The second kappa shape index (κ2) is 8.89. The molecule has 8 nitrogen and oxygen atoms in total. The first-order chi connectivity index (χ1) is 16.3. The molecule has 10 heteroatoms. The van der Waals surface area contributed by atoms with Crippen LogP contribution >= 0.6 is 0 Å². The van der Waals surface area contributed by atoms with Gasteiger partial charge >= 0.3 is 0 Å². The smallest absolute Gasteiger partial charge is 0.248 e. The lowest BCUT2D eigenvalue weighted by Gasteiger charge is -2.51. The predicted octanol–water partition coefficient (Wildman–Crippen LogP) is 3.42. The van der Waals surface area contributed by atoms with Gasteiger partial charge in [0.15, 0.2) is 0 Å². The molecule has 1 unspecified atom stereocenters. The number of rotatable bonds is 4. The van der Waals surface area contributed by atoms with Crippen molar-refractivity contribution in [3.8, 4) is 11.1 Å². The molecule has 2 aromatic rings. The molecule has 2 amide bonds. The highest BCUT2D eigenvalue weighted by atomic mass is 19.3. The molecule has 2 aliphatic rings. The maximum absolute atomic E-state index is 13.9. The molecule has 190 valence electrons. The van der Waals surface area contributed by atoms with E-state index in [1.165, 1.54) is 6.92 Å². The maximum Gasteiger partial charge on any atom is 0.248 e. The highest BCUT2D eigenvalue weighted by molar-refractivity contribution is 6.03. The van der Waals surface area contributed by atoms with Crippen LogP contribution in [0.4, 0.5) is 25.0 Å². The Morgan fingerprint density at radius 1 is 1.17 bits per heavy atom. The van der Waals surface area contributed by atoms with Crippen LogP contribution in [0.15, 0.2) is 30.6 Å². The Morgan fingerprint density at radius 3 is 2.40 bits per heavy atom. The predicted molar refractivity (Wildman–Crippen MR) is 125 cm³/mol. The van der Waals surface area contributed by atoms with Gasteiger partial charge in [-0.3, -0.25) is 9.48 Å². The molecule has 1 aliphatic heterocycles. The first-order valence-corrected chi connectivity index (χ1v) is 11.8. The second-order valence-electron chi connectivity index (χ2n) is 10.4. The van der Waals surface area contributed by atoms with E-state index in [2.05, 4.69) is 5.10 Å². The summed E-state index contributed by atoms with van der Waals surface area (Å²) in [4.78, 5) is 27.8. The van der Waals surface area contributed by atoms with Crippen LogP contribution in [0.5, 0.6) is 0 Å². The van der Waals surface area contributed by atoms with E-state index < -0.39 is 29.7 Å². The Kier molecular flexibility index (Phi) is 6.37. The zero-order valence-electron chi connectivity index (χ0n) is 20.4. The average molecular weight is 490 g/mol. The number of benzene rings is 1. The fraction of sp³-hybridized carbons (Fsp3) is 0.560. The van der Waals surface area contributed by atoms with Crippen molar-refractivity contribution in [2.75, 3.05) is 9.80 Å². The van der Waals surface area contributed by atoms with Crippen LogP contribution in [0.25, 0.3) is 11.1 Å². The molecule has 1 aromatic heterocycles. The number of carbonyl (C=O) groups excluding carboxylic acids is 2. The molecule has 1 fully saturated rings. The van der Waals surface area contributed by atoms with E-state index in [1.807, 2.05) is 0 Å². The number of carbonyl (C=O) groups is 2. The first kappa shape index (κ1) is 25.1. The molecular formula is C25H31F2N4O4-. The molecule has 1 aliphatic carbocycles. The van der Waals surface area contributed by atoms with Crippen LogP contribution in [-0.4, -0.2) is 50.5 Å². The molecule has 35 heavy (non-hydrogen) atoms. The fourth-order valence-electron chi connectivity index (χ4n) is 5.53. The van der Waals surface area contributed by atoms with Crippen molar-refractivity contribution in [3.63, 3.8) is 0 Å². The van der Waals surface area contributed by atoms with Crippen LogP contribution in [0.2, 0.25) is 0 Å². The van der Waals surface area contributed by atoms with Gasteiger partial charge in [0.2, 0.25) is 11.8 Å². The average Bonchev–Trinajstić information content (AvgIpc) is 3.19. The minimum absolute atomic E-state index is 0.163. The zero-order valence-corrected chi connectivity index (χ0v) is 20.4. The molecule has 0 saturated heterocycles. The minimum atomic E-state index is -2.75. The lowest BCUT2D eigenvalue weighted by Crippen LogP contribution is -2.63. The van der Waals surface area contributed by atoms with E-state index in [-0.39, 0.29) is 49.7 Å². The molecule has 4 rings (SSSR count). The summed E-state index contributed by atoms with van der Waals surface area (Å²) in [5, 5.41) is 26.8. The number of halogens is 2. The van der Waals surface area contributed by atoms with Gasteiger partial charge in [0.25, 0.3) is 0 Å². The molecule has 1 aromatic carbocycles. The number of aliphatic hydroxyl groups is 1. The number of amides is 2. The van der Waals surface area contributed by atoms with E-state index >= 15 is 0 Å². The van der Waals surface area contributed by atoms with Gasteiger partial charge in [-0.1, -0.05) is 6.07 Å². The minimum Gasteiger partial charge on any atom is -0.530 e. The van der Waals surface area contributed by atoms with E-state index in [0.29, 0.717) is 16.8 Å². The first-order valence-electron chi connectivity index (χ1n) is 11.8. The van der Waals surface area contributed by atoms with Crippen LogP contribution in [0, 0.1) is 5.92 Å². The third-order valence-corrected chi connectivity index (χ3v) is 6.99. The lowest BCUT2D eigenvalue weighted by molar-refractivity contribution is -0.247. The summed E-state index contributed by atoms with van der Waals surface area (Å²) in [5.74, 6) is -3.35.